The van der Waals surface area contributed by atoms with Gasteiger partial charge in [-0.25, -0.2) is 4.83 Å². The van der Waals surface area contributed by atoms with Crippen LogP contribution in [0.25, 0.3) is 0 Å². The zero-order chi connectivity index (χ0) is 15.5. The number of hydrazone groups is 1. The highest BCUT2D eigenvalue weighted by Gasteiger charge is 2.15. The number of hydrogen-bond donors (Lipinski definition) is 1. The Bertz CT molecular complexity index is 769. The first-order valence-corrected chi connectivity index (χ1v) is 8.12. The third kappa shape index (κ3) is 4.06. The minimum atomic E-state index is -3.67. The van der Waals surface area contributed by atoms with Crippen LogP contribution in [-0.4, -0.2) is 14.6 Å². The first-order valence-electron chi connectivity index (χ1n) is 6.26. The van der Waals surface area contributed by atoms with Gasteiger partial charge in [-0.3, -0.25) is 0 Å². The highest BCUT2D eigenvalue weighted by molar-refractivity contribution is 7.89. The van der Waals surface area contributed by atoms with Gasteiger partial charge in [-0.15, -0.1) is 0 Å². The number of rotatable bonds is 4. The average molecular weight is 323 g/mol. The molecule has 2 aromatic rings. The first kappa shape index (κ1) is 15.5. The van der Waals surface area contributed by atoms with E-state index < -0.39 is 10.0 Å². The van der Waals surface area contributed by atoms with Crippen molar-refractivity contribution in [1.82, 2.24) is 4.83 Å². The summed E-state index contributed by atoms with van der Waals surface area (Å²) in [6, 6.07) is 12.2. The van der Waals surface area contributed by atoms with E-state index in [1.807, 2.05) is 13.0 Å². The quantitative estimate of drug-likeness (QED) is 0.693. The molecule has 0 aliphatic heterocycles. The molecule has 0 heterocycles. The van der Waals surface area contributed by atoms with Crippen molar-refractivity contribution in [2.24, 2.45) is 5.10 Å². The molecule has 0 atom stereocenters. The van der Waals surface area contributed by atoms with Gasteiger partial charge in [-0.2, -0.15) is 13.5 Å². The topological polar surface area (TPSA) is 58.5 Å². The summed E-state index contributed by atoms with van der Waals surface area (Å²) in [5.41, 5.74) is 2.31. The lowest BCUT2D eigenvalue weighted by Gasteiger charge is -2.07. The fourth-order valence-corrected chi connectivity index (χ4v) is 3.01. The van der Waals surface area contributed by atoms with E-state index in [0.29, 0.717) is 10.6 Å². The number of benzene rings is 2. The van der Waals surface area contributed by atoms with Crippen molar-refractivity contribution in [3.63, 3.8) is 0 Å². The van der Waals surface area contributed by atoms with Crippen LogP contribution in [0, 0.1) is 13.8 Å². The van der Waals surface area contributed by atoms with Crippen LogP contribution in [0.4, 0.5) is 0 Å². The minimum Gasteiger partial charge on any atom is -0.200 e. The van der Waals surface area contributed by atoms with E-state index in [0.717, 1.165) is 11.1 Å². The fourth-order valence-electron chi connectivity index (χ4n) is 1.77. The molecular formula is C15H15ClN2O2S. The number of hydrogen-bond acceptors (Lipinski definition) is 3. The summed E-state index contributed by atoms with van der Waals surface area (Å²) >= 11 is 5.77. The highest BCUT2D eigenvalue weighted by Crippen LogP contribution is 2.16. The number of nitrogens with zero attached hydrogens (tertiary/aromatic N) is 1. The number of nitrogens with one attached hydrogen (secondary N) is 1. The van der Waals surface area contributed by atoms with Gasteiger partial charge in [-0.05, 0) is 48.7 Å². The Morgan fingerprint density at radius 3 is 2.43 bits per heavy atom. The van der Waals surface area contributed by atoms with Crippen LogP contribution >= 0.6 is 11.6 Å². The summed E-state index contributed by atoms with van der Waals surface area (Å²) < 4.78 is 24.4. The molecule has 0 bridgehead atoms. The predicted octanol–water partition coefficient (Wildman–Crippen LogP) is 3.27. The van der Waals surface area contributed by atoms with Gasteiger partial charge in [-0.1, -0.05) is 35.9 Å². The van der Waals surface area contributed by atoms with E-state index in [1.54, 1.807) is 43.3 Å². The lowest BCUT2D eigenvalue weighted by Crippen LogP contribution is -2.19. The molecule has 1 N–H and O–H groups in total. The summed E-state index contributed by atoms with van der Waals surface area (Å²) in [6.45, 7) is 3.59. The molecule has 0 aliphatic rings. The Balaban J connectivity index is 2.18. The van der Waals surface area contributed by atoms with E-state index in [1.165, 1.54) is 6.21 Å². The predicted molar refractivity (Wildman–Crippen MR) is 85.3 cm³/mol. The molecule has 0 saturated carbocycles. The van der Waals surface area contributed by atoms with Crippen molar-refractivity contribution in [2.45, 2.75) is 18.7 Å². The normalized spacial score (nSPS) is 11.8. The molecule has 0 fully saturated rings. The molecule has 0 spiro atoms. The fraction of sp³-hybridized carbons (Fsp3) is 0.133. The molecule has 6 heteroatoms. The summed E-state index contributed by atoms with van der Waals surface area (Å²) in [4.78, 5) is 2.45. The van der Waals surface area contributed by atoms with E-state index in [-0.39, 0.29) is 4.90 Å². The van der Waals surface area contributed by atoms with Crippen molar-refractivity contribution in [1.29, 1.82) is 0 Å². The van der Waals surface area contributed by atoms with Gasteiger partial charge in [0.15, 0.2) is 0 Å². The zero-order valence-electron chi connectivity index (χ0n) is 11.7. The van der Waals surface area contributed by atoms with Crippen LogP contribution < -0.4 is 4.83 Å². The Kier molecular flexibility index (Phi) is 4.65. The Hall–Kier alpha value is -1.85. The molecule has 0 saturated heterocycles. The number of aryl methyl sites for hydroxylation is 2. The van der Waals surface area contributed by atoms with Gasteiger partial charge in [0.25, 0.3) is 10.0 Å². The van der Waals surface area contributed by atoms with Crippen LogP contribution in [0.2, 0.25) is 5.02 Å². The maximum absolute atomic E-state index is 12.2. The average Bonchev–Trinajstić information content (AvgIpc) is 2.43. The molecule has 2 rings (SSSR count). The summed E-state index contributed by atoms with van der Waals surface area (Å²) in [5, 5.41) is 4.40. The molecule has 0 amide bonds. The minimum absolute atomic E-state index is 0.232. The summed E-state index contributed by atoms with van der Waals surface area (Å²) in [7, 11) is -3.67. The van der Waals surface area contributed by atoms with Gasteiger partial charge in [0, 0.05) is 5.02 Å². The highest BCUT2D eigenvalue weighted by atomic mass is 35.5. The van der Waals surface area contributed by atoms with E-state index in [4.69, 9.17) is 11.6 Å². The molecule has 0 radical (unpaired) electrons. The Labute approximate surface area is 129 Å². The van der Waals surface area contributed by atoms with Crippen molar-refractivity contribution in [3.05, 3.63) is 64.2 Å². The molecule has 0 unspecified atom stereocenters. The first-order chi connectivity index (χ1) is 9.88. The molecule has 21 heavy (non-hydrogen) atoms. The van der Waals surface area contributed by atoms with Crippen LogP contribution in [0.5, 0.6) is 0 Å². The molecule has 4 nitrogen and oxygen atoms in total. The molecule has 110 valence electrons. The van der Waals surface area contributed by atoms with Crippen LogP contribution in [0.3, 0.4) is 0 Å². The van der Waals surface area contributed by atoms with Crippen LogP contribution in [0.1, 0.15) is 16.7 Å². The number of halogens is 1. The van der Waals surface area contributed by atoms with E-state index in [2.05, 4.69) is 9.93 Å². The van der Waals surface area contributed by atoms with Gasteiger partial charge in [0.05, 0.1) is 11.1 Å². The SMILES string of the molecule is Cc1ccc(C)c(S(=O)(=O)N/N=C/c2ccc(Cl)cc2)c1. The van der Waals surface area contributed by atoms with Crippen molar-refractivity contribution in [2.75, 3.05) is 0 Å². The summed E-state index contributed by atoms with van der Waals surface area (Å²) in [5.74, 6) is 0. The van der Waals surface area contributed by atoms with E-state index in [9.17, 15) is 8.42 Å². The molecule has 2 aromatic carbocycles. The Morgan fingerprint density at radius 1 is 1.10 bits per heavy atom. The van der Waals surface area contributed by atoms with Crippen molar-refractivity contribution < 1.29 is 8.42 Å². The molecule has 0 aliphatic carbocycles. The Morgan fingerprint density at radius 2 is 1.76 bits per heavy atom. The molecule has 0 aromatic heterocycles. The second kappa shape index (κ2) is 6.28. The lowest BCUT2D eigenvalue weighted by molar-refractivity contribution is 0.584. The zero-order valence-corrected chi connectivity index (χ0v) is 13.2. The second-order valence-corrected chi connectivity index (χ2v) is 6.74. The number of sulfonamides is 1. The van der Waals surface area contributed by atoms with Crippen LogP contribution in [-0.2, 0) is 10.0 Å². The van der Waals surface area contributed by atoms with Crippen molar-refractivity contribution >= 4 is 27.8 Å². The van der Waals surface area contributed by atoms with Crippen molar-refractivity contribution in [3.8, 4) is 0 Å². The maximum Gasteiger partial charge on any atom is 0.276 e. The van der Waals surface area contributed by atoms with Crippen LogP contribution in [0.15, 0.2) is 52.5 Å². The van der Waals surface area contributed by atoms with Gasteiger partial charge >= 0.3 is 0 Å². The smallest absolute Gasteiger partial charge is 0.200 e. The largest absolute Gasteiger partial charge is 0.276 e. The standard InChI is InChI=1S/C15H15ClN2O2S/c1-11-3-4-12(2)15(9-11)21(19,20)18-17-10-13-5-7-14(16)8-6-13/h3-10,18H,1-2H3/b17-10+. The van der Waals surface area contributed by atoms with Gasteiger partial charge in [0.1, 0.15) is 0 Å². The summed E-state index contributed by atoms with van der Waals surface area (Å²) in [6.07, 6.45) is 1.43. The van der Waals surface area contributed by atoms with E-state index >= 15 is 0 Å². The van der Waals surface area contributed by atoms with Gasteiger partial charge in [0.2, 0.25) is 0 Å². The maximum atomic E-state index is 12.2. The third-order valence-corrected chi connectivity index (χ3v) is 4.51. The monoisotopic (exact) mass is 322 g/mol. The van der Waals surface area contributed by atoms with Gasteiger partial charge < -0.3 is 0 Å². The second-order valence-electron chi connectivity index (χ2n) is 4.67. The lowest BCUT2D eigenvalue weighted by atomic mass is 10.2. The third-order valence-electron chi connectivity index (χ3n) is 2.89. The molecular weight excluding hydrogens is 308 g/mol.